The summed E-state index contributed by atoms with van der Waals surface area (Å²) in [5.74, 6) is 1.77. The van der Waals surface area contributed by atoms with Gasteiger partial charge < -0.3 is 10.1 Å². The molecule has 0 aromatic heterocycles. The number of nitriles is 1. The van der Waals surface area contributed by atoms with E-state index in [4.69, 9.17) is 4.74 Å². The van der Waals surface area contributed by atoms with Crippen LogP contribution < -0.4 is 10.1 Å². The molecule has 0 bridgehead atoms. The number of hydrogen-bond donors (Lipinski definition) is 1. The summed E-state index contributed by atoms with van der Waals surface area (Å²) in [6.45, 7) is 1.76. The molecule has 4 nitrogen and oxygen atoms in total. The molecule has 5 heteroatoms. The van der Waals surface area contributed by atoms with Gasteiger partial charge in [-0.3, -0.25) is 4.99 Å². The number of aliphatic imine (C=N–C) groups is 1. The highest BCUT2D eigenvalue weighted by molar-refractivity contribution is 9.10. The number of nitrogens with zero attached hydrogens (tertiary/aromatic N) is 2. The largest absolute Gasteiger partial charge is 0.496 e. The molecule has 128 valence electrons. The summed E-state index contributed by atoms with van der Waals surface area (Å²) in [7, 11) is 1.68. The Hall–Kier alpha value is -2.32. The van der Waals surface area contributed by atoms with Crippen molar-refractivity contribution in [2.75, 3.05) is 20.2 Å². The van der Waals surface area contributed by atoms with Crippen LogP contribution >= 0.6 is 15.9 Å². The molecule has 0 aliphatic carbocycles. The molecule has 2 aromatic rings. The average Bonchev–Trinajstić information content (AvgIpc) is 2.66. The lowest BCUT2D eigenvalue weighted by molar-refractivity contribution is 0.409. The summed E-state index contributed by atoms with van der Waals surface area (Å²) >= 11 is 3.52. The van der Waals surface area contributed by atoms with Crippen LogP contribution in [-0.2, 0) is 12.8 Å². The zero-order chi connectivity index (χ0) is 17.6. The predicted octanol–water partition coefficient (Wildman–Crippen LogP) is 3.85. The van der Waals surface area contributed by atoms with Crippen molar-refractivity contribution in [3.63, 3.8) is 0 Å². The smallest absolute Gasteiger partial charge is 0.128 e. The van der Waals surface area contributed by atoms with E-state index < -0.39 is 0 Å². The molecule has 0 spiro atoms. The van der Waals surface area contributed by atoms with Gasteiger partial charge in [-0.15, -0.1) is 0 Å². The lowest BCUT2D eigenvalue weighted by Gasteiger charge is -2.18. The van der Waals surface area contributed by atoms with E-state index in [1.165, 1.54) is 0 Å². The van der Waals surface area contributed by atoms with Crippen LogP contribution in [-0.4, -0.2) is 26.0 Å². The number of rotatable bonds is 5. The molecular weight excluding hydrogens is 378 g/mol. The van der Waals surface area contributed by atoms with Gasteiger partial charge in [-0.1, -0.05) is 28.1 Å². The number of amidine groups is 1. The van der Waals surface area contributed by atoms with Gasteiger partial charge in [0.1, 0.15) is 11.6 Å². The molecule has 1 heterocycles. The third-order valence-electron chi connectivity index (χ3n) is 4.34. The minimum Gasteiger partial charge on any atom is -0.496 e. The van der Waals surface area contributed by atoms with E-state index in [9.17, 15) is 5.26 Å². The highest BCUT2D eigenvalue weighted by Crippen LogP contribution is 2.26. The Morgan fingerprint density at radius 3 is 2.88 bits per heavy atom. The van der Waals surface area contributed by atoms with Gasteiger partial charge in [0.25, 0.3) is 0 Å². The number of ether oxygens (including phenoxy) is 1. The van der Waals surface area contributed by atoms with Crippen LogP contribution in [0, 0.1) is 11.3 Å². The zero-order valence-corrected chi connectivity index (χ0v) is 15.8. The second kappa shape index (κ2) is 8.17. The van der Waals surface area contributed by atoms with E-state index in [2.05, 4.69) is 38.4 Å². The molecule has 1 aliphatic heterocycles. The van der Waals surface area contributed by atoms with E-state index in [0.29, 0.717) is 5.56 Å². The van der Waals surface area contributed by atoms with Gasteiger partial charge in [0.2, 0.25) is 0 Å². The van der Waals surface area contributed by atoms with E-state index >= 15 is 0 Å². The summed E-state index contributed by atoms with van der Waals surface area (Å²) < 4.78 is 6.49. The van der Waals surface area contributed by atoms with Gasteiger partial charge in [-0.2, -0.15) is 5.26 Å². The summed E-state index contributed by atoms with van der Waals surface area (Å²) in [5.41, 5.74) is 3.91. The Morgan fingerprint density at radius 2 is 2.16 bits per heavy atom. The minimum absolute atomic E-state index is 0.710. The van der Waals surface area contributed by atoms with Crippen molar-refractivity contribution in [1.29, 1.82) is 5.26 Å². The van der Waals surface area contributed by atoms with Crippen molar-refractivity contribution >= 4 is 21.8 Å². The number of nitrogens with one attached hydrogen (secondary N) is 1. The highest BCUT2D eigenvalue weighted by atomic mass is 79.9. The summed E-state index contributed by atoms with van der Waals surface area (Å²) in [5, 5.41) is 12.9. The summed E-state index contributed by atoms with van der Waals surface area (Å²) in [6.07, 6.45) is 2.60. The monoisotopic (exact) mass is 397 g/mol. The number of methoxy groups -OCH3 is 1. The fraction of sp³-hybridized carbons (Fsp3) is 0.300. The third-order valence-corrected chi connectivity index (χ3v) is 4.83. The van der Waals surface area contributed by atoms with E-state index in [1.54, 1.807) is 7.11 Å². The number of aryl methyl sites for hydroxylation is 1. The standard InChI is InChI=1S/C20H20BrN3O/c1-25-19-9-7-16(21)12-14(19)6-8-17-15(13-22)4-2-5-18(17)20-23-10-3-11-24-20/h2,4-5,7,9,12H,3,6,8,10-11H2,1H3,(H,23,24). The molecule has 1 aliphatic rings. The lowest BCUT2D eigenvalue weighted by atomic mass is 9.94. The van der Waals surface area contributed by atoms with Gasteiger partial charge >= 0.3 is 0 Å². The molecule has 0 saturated heterocycles. The maximum absolute atomic E-state index is 9.54. The van der Waals surface area contributed by atoms with E-state index in [1.807, 2.05) is 30.3 Å². The first-order valence-electron chi connectivity index (χ1n) is 8.36. The first-order valence-corrected chi connectivity index (χ1v) is 9.15. The molecule has 0 saturated carbocycles. The van der Waals surface area contributed by atoms with Crippen molar-refractivity contribution < 1.29 is 4.74 Å². The second-order valence-electron chi connectivity index (χ2n) is 5.91. The van der Waals surface area contributed by atoms with Crippen LogP contribution in [0.1, 0.15) is 28.7 Å². The van der Waals surface area contributed by atoms with Crippen molar-refractivity contribution in [2.24, 2.45) is 4.99 Å². The molecule has 2 aromatic carbocycles. The molecule has 0 unspecified atom stereocenters. The number of halogens is 1. The van der Waals surface area contributed by atoms with Crippen molar-refractivity contribution in [2.45, 2.75) is 19.3 Å². The van der Waals surface area contributed by atoms with Crippen molar-refractivity contribution in [1.82, 2.24) is 5.32 Å². The van der Waals surface area contributed by atoms with Gasteiger partial charge in [0.15, 0.2) is 0 Å². The molecule has 25 heavy (non-hydrogen) atoms. The lowest BCUT2D eigenvalue weighted by Crippen LogP contribution is -2.31. The van der Waals surface area contributed by atoms with Crippen LogP contribution in [0.4, 0.5) is 0 Å². The first kappa shape index (κ1) is 17.5. The van der Waals surface area contributed by atoms with Gasteiger partial charge in [-0.25, -0.2) is 0 Å². The Kier molecular flexibility index (Phi) is 5.72. The molecule has 3 rings (SSSR count). The second-order valence-corrected chi connectivity index (χ2v) is 6.83. The zero-order valence-electron chi connectivity index (χ0n) is 14.2. The van der Waals surface area contributed by atoms with Gasteiger partial charge in [-0.05, 0) is 54.7 Å². The Labute approximate surface area is 156 Å². The molecule has 0 amide bonds. The van der Waals surface area contributed by atoms with E-state index in [0.717, 1.165) is 65.1 Å². The van der Waals surface area contributed by atoms with Gasteiger partial charge in [0, 0.05) is 23.1 Å². The fourth-order valence-corrected chi connectivity index (χ4v) is 3.51. The fourth-order valence-electron chi connectivity index (χ4n) is 3.10. The van der Waals surface area contributed by atoms with Crippen LogP contribution in [0.15, 0.2) is 45.9 Å². The summed E-state index contributed by atoms with van der Waals surface area (Å²) in [4.78, 5) is 4.60. The number of benzene rings is 2. The third kappa shape index (κ3) is 4.02. The highest BCUT2D eigenvalue weighted by Gasteiger charge is 2.16. The van der Waals surface area contributed by atoms with E-state index in [-0.39, 0.29) is 0 Å². The summed E-state index contributed by atoms with van der Waals surface area (Å²) in [6, 6.07) is 14.2. The Balaban J connectivity index is 1.93. The minimum atomic E-state index is 0.710. The molecule has 0 fully saturated rings. The Morgan fingerprint density at radius 1 is 1.28 bits per heavy atom. The topological polar surface area (TPSA) is 57.4 Å². The van der Waals surface area contributed by atoms with Crippen LogP contribution in [0.25, 0.3) is 0 Å². The predicted molar refractivity (Wildman–Crippen MR) is 103 cm³/mol. The quantitative estimate of drug-likeness (QED) is 0.833. The van der Waals surface area contributed by atoms with Crippen molar-refractivity contribution in [3.05, 3.63) is 63.1 Å². The SMILES string of the molecule is COc1ccc(Br)cc1CCc1c(C#N)cccc1C1=NCCCN1. The molecule has 1 N–H and O–H groups in total. The molecule has 0 atom stereocenters. The Bertz CT molecular complexity index is 839. The normalized spacial score (nSPS) is 13.6. The maximum atomic E-state index is 9.54. The van der Waals surface area contributed by atoms with Gasteiger partial charge in [0.05, 0.1) is 18.7 Å². The van der Waals surface area contributed by atoms with Crippen LogP contribution in [0.3, 0.4) is 0 Å². The van der Waals surface area contributed by atoms with Crippen molar-refractivity contribution in [3.8, 4) is 11.8 Å². The molecular formula is C20H20BrN3O. The van der Waals surface area contributed by atoms with Crippen LogP contribution in [0.2, 0.25) is 0 Å². The first-order chi connectivity index (χ1) is 12.2. The molecule has 0 radical (unpaired) electrons. The number of hydrogen-bond acceptors (Lipinski definition) is 4. The van der Waals surface area contributed by atoms with Crippen LogP contribution in [0.5, 0.6) is 5.75 Å². The maximum Gasteiger partial charge on any atom is 0.128 e. The average molecular weight is 398 g/mol.